The van der Waals surface area contributed by atoms with Gasteiger partial charge >= 0.3 is 0 Å². The highest BCUT2D eigenvalue weighted by atomic mass is 15.2. The molecule has 0 aliphatic heterocycles. The highest BCUT2D eigenvalue weighted by Crippen LogP contribution is 2.43. The van der Waals surface area contributed by atoms with Crippen LogP contribution in [0.25, 0.3) is 0 Å². The number of likely N-dealkylation sites (N-methyl/N-ethyl adjacent to an activating group) is 1. The van der Waals surface area contributed by atoms with Gasteiger partial charge in [-0.3, -0.25) is 0 Å². The molecule has 0 aromatic carbocycles. The molecule has 0 spiro atoms. The summed E-state index contributed by atoms with van der Waals surface area (Å²) in [5, 5.41) is 3.81. The van der Waals surface area contributed by atoms with Crippen LogP contribution in [0.1, 0.15) is 52.4 Å². The molecule has 100 valence electrons. The third kappa shape index (κ3) is 3.69. The van der Waals surface area contributed by atoms with Crippen LogP contribution in [-0.2, 0) is 0 Å². The number of hydrogen-bond donors (Lipinski definition) is 1. The molecule has 1 N–H and O–H groups in total. The third-order valence-corrected chi connectivity index (χ3v) is 5.04. The number of nitrogens with one attached hydrogen (secondary N) is 1. The minimum atomic E-state index is 0.270. The summed E-state index contributed by atoms with van der Waals surface area (Å²) in [6, 6.07) is 0.786. The molecular formula is C15H30N2. The summed E-state index contributed by atoms with van der Waals surface area (Å²) in [7, 11) is 4.35. The first-order valence-electron chi connectivity index (χ1n) is 7.40. The highest BCUT2D eigenvalue weighted by molar-refractivity contribution is 4.89. The van der Waals surface area contributed by atoms with Gasteiger partial charge in [-0.1, -0.05) is 12.8 Å². The Morgan fingerprint density at radius 2 is 1.76 bits per heavy atom. The topological polar surface area (TPSA) is 15.3 Å². The Bertz CT molecular complexity index is 243. The Morgan fingerprint density at radius 1 is 1.06 bits per heavy atom. The van der Waals surface area contributed by atoms with Crippen molar-refractivity contribution in [3.05, 3.63) is 0 Å². The first kappa shape index (κ1) is 13.4. The Morgan fingerprint density at radius 3 is 2.35 bits per heavy atom. The van der Waals surface area contributed by atoms with Crippen LogP contribution in [-0.4, -0.2) is 37.1 Å². The molecule has 0 aromatic rings. The predicted molar refractivity (Wildman–Crippen MR) is 74.2 cm³/mol. The molecule has 2 saturated carbocycles. The van der Waals surface area contributed by atoms with E-state index in [-0.39, 0.29) is 5.54 Å². The van der Waals surface area contributed by atoms with Crippen LogP contribution in [0.3, 0.4) is 0 Å². The van der Waals surface area contributed by atoms with Crippen LogP contribution in [0.15, 0.2) is 0 Å². The summed E-state index contributed by atoms with van der Waals surface area (Å²) < 4.78 is 0. The van der Waals surface area contributed by atoms with Gasteiger partial charge in [0.15, 0.2) is 0 Å². The quantitative estimate of drug-likeness (QED) is 0.792. The first-order chi connectivity index (χ1) is 7.99. The Balaban J connectivity index is 1.74. The van der Waals surface area contributed by atoms with Gasteiger partial charge < -0.3 is 10.2 Å². The van der Waals surface area contributed by atoms with E-state index in [4.69, 9.17) is 0 Å². The van der Waals surface area contributed by atoms with Crippen LogP contribution in [0.5, 0.6) is 0 Å². The lowest BCUT2D eigenvalue weighted by atomic mass is 9.82. The SMILES string of the molecule is CN(C)C(C)(C)CNC1CCCC(C2CC2)C1. The van der Waals surface area contributed by atoms with Crippen molar-refractivity contribution in [2.75, 3.05) is 20.6 Å². The standard InChI is InChI=1S/C15H30N2/c1-15(2,17(3)4)11-16-14-7-5-6-13(10-14)12-8-9-12/h12-14,16H,5-11H2,1-4H3. The minimum absolute atomic E-state index is 0.270. The molecule has 2 fully saturated rings. The van der Waals surface area contributed by atoms with E-state index in [1.807, 2.05) is 0 Å². The third-order valence-electron chi connectivity index (χ3n) is 5.04. The van der Waals surface area contributed by atoms with Gasteiger partial charge in [-0.25, -0.2) is 0 Å². The van der Waals surface area contributed by atoms with Gasteiger partial charge in [0, 0.05) is 18.1 Å². The maximum Gasteiger partial charge on any atom is 0.0271 e. The van der Waals surface area contributed by atoms with Gasteiger partial charge in [0.25, 0.3) is 0 Å². The van der Waals surface area contributed by atoms with Gasteiger partial charge in [0.1, 0.15) is 0 Å². The lowest BCUT2D eigenvalue weighted by Gasteiger charge is -2.37. The number of hydrogen-bond acceptors (Lipinski definition) is 2. The van der Waals surface area contributed by atoms with Gasteiger partial charge in [0.05, 0.1) is 0 Å². The van der Waals surface area contributed by atoms with Crippen molar-refractivity contribution in [1.82, 2.24) is 10.2 Å². The summed E-state index contributed by atoms with van der Waals surface area (Å²) in [5.74, 6) is 2.14. The molecule has 0 amide bonds. The molecule has 2 aliphatic rings. The average Bonchev–Trinajstić information content (AvgIpc) is 3.10. The van der Waals surface area contributed by atoms with Gasteiger partial charge in [-0.2, -0.15) is 0 Å². The first-order valence-corrected chi connectivity index (χ1v) is 7.40. The molecule has 17 heavy (non-hydrogen) atoms. The monoisotopic (exact) mass is 238 g/mol. The van der Waals surface area contributed by atoms with E-state index in [1.165, 1.54) is 38.5 Å². The predicted octanol–water partition coefficient (Wildman–Crippen LogP) is 2.89. The van der Waals surface area contributed by atoms with E-state index in [0.717, 1.165) is 24.4 Å². The normalized spacial score (nSPS) is 30.9. The number of nitrogens with zero attached hydrogens (tertiary/aromatic N) is 1. The highest BCUT2D eigenvalue weighted by Gasteiger charge is 2.35. The zero-order valence-electron chi connectivity index (χ0n) is 12.1. The summed E-state index contributed by atoms with van der Waals surface area (Å²) in [5.41, 5.74) is 0.270. The van der Waals surface area contributed by atoms with Crippen molar-refractivity contribution in [3.8, 4) is 0 Å². The van der Waals surface area contributed by atoms with Crippen LogP contribution in [0.4, 0.5) is 0 Å². The van der Waals surface area contributed by atoms with Gasteiger partial charge in [-0.15, -0.1) is 0 Å². The molecule has 2 unspecified atom stereocenters. The van der Waals surface area contributed by atoms with Crippen molar-refractivity contribution in [1.29, 1.82) is 0 Å². The summed E-state index contributed by atoms with van der Waals surface area (Å²) in [6.45, 7) is 5.75. The van der Waals surface area contributed by atoms with Crippen LogP contribution in [0.2, 0.25) is 0 Å². The lowest BCUT2D eigenvalue weighted by Crippen LogP contribution is -2.50. The molecular weight excluding hydrogens is 208 g/mol. The van der Waals surface area contributed by atoms with E-state index in [1.54, 1.807) is 0 Å². The molecule has 2 atom stereocenters. The smallest absolute Gasteiger partial charge is 0.0271 e. The van der Waals surface area contributed by atoms with Crippen LogP contribution in [0, 0.1) is 11.8 Å². The van der Waals surface area contributed by atoms with Crippen molar-refractivity contribution in [2.45, 2.75) is 64.0 Å². The maximum absolute atomic E-state index is 3.81. The summed E-state index contributed by atoms with van der Waals surface area (Å²) >= 11 is 0. The summed E-state index contributed by atoms with van der Waals surface area (Å²) in [4.78, 5) is 2.32. The van der Waals surface area contributed by atoms with E-state index >= 15 is 0 Å². The zero-order valence-corrected chi connectivity index (χ0v) is 12.1. The fourth-order valence-corrected chi connectivity index (χ4v) is 2.96. The molecule has 2 aliphatic carbocycles. The average molecular weight is 238 g/mol. The van der Waals surface area contributed by atoms with E-state index in [0.29, 0.717) is 0 Å². The van der Waals surface area contributed by atoms with Crippen molar-refractivity contribution >= 4 is 0 Å². The Hall–Kier alpha value is -0.0800. The maximum atomic E-state index is 3.81. The molecule has 2 rings (SSSR count). The second kappa shape index (κ2) is 5.27. The second-order valence-electron chi connectivity index (χ2n) is 7.05. The van der Waals surface area contributed by atoms with E-state index in [9.17, 15) is 0 Å². The fourth-order valence-electron chi connectivity index (χ4n) is 2.96. The van der Waals surface area contributed by atoms with Crippen molar-refractivity contribution in [2.24, 2.45) is 11.8 Å². The largest absolute Gasteiger partial charge is 0.312 e. The molecule has 0 bridgehead atoms. The zero-order chi connectivity index (χ0) is 12.5. The summed E-state index contributed by atoms with van der Waals surface area (Å²) in [6.07, 6.45) is 8.81. The van der Waals surface area contributed by atoms with Crippen molar-refractivity contribution < 1.29 is 0 Å². The molecule has 0 aromatic heterocycles. The van der Waals surface area contributed by atoms with Gasteiger partial charge in [-0.05, 0) is 65.5 Å². The molecule has 0 saturated heterocycles. The Labute approximate surface area is 107 Å². The second-order valence-corrected chi connectivity index (χ2v) is 7.05. The Kier molecular flexibility index (Phi) is 4.14. The van der Waals surface area contributed by atoms with Gasteiger partial charge in [0.2, 0.25) is 0 Å². The van der Waals surface area contributed by atoms with E-state index in [2.05, 4.69) is 38.2 Å². The molecule has 2 heteroatoms. The molecule has 0 heterocycles. The number of rotatable bonds is 5. The van der Waals surface area contributed by atoms with E-state index < -0.39 is 0 Å². The van der Waals surface area contributed by atoms with Crippen molar-refractivity contribution in [3.63, 3.8) is 0 Å². The minimum Gasteiger partial charge on any atom is -0.312 e. The lowest BCUT2D eigenvalue weighted by molar-refractivity contribution is 0.170. The fraction of sp³-hybridized carbons (Fsp3) is 1.00. The van der Waals surface area contributed by atoms with Crippen LogP contribution >= 0.6 is 0 Å². The molecule has 0 radical (unpaired) electrons. The molecule has 2 nitrogen and oxygen atoms in total. The van der Waals surface area contributed by atoms with Crippen LogP contribution < -0.4 is 5.32 Å².